The Hall–Kier alpha value is -4.57. The number of H-pyrrole nitrogens is 1. The molecular formula is C27H24N6O3S. The predicted octanol–water partition coefficient (Wildman–Crippen LogP) is 4.54. The Bertz CT molecular complexity index is 1720. The molecule has 186 valence electrons. The van der Waals surface area contributed by atoms with E-state index in [1.807, 2.05) is 43.5 Å². The molecule has 0 bridgehead atoms. The third-order valence-corrected chi connectivity index (χ3v) is 6.38. The lowest BCUT2D eigenvalue weighted by atomic mass is 10.0. The van der Waals surface area contributed by atoms with Crippen LogP contribution < -0.4 is 10.0 Å². The zero-order chi connectivity index (χ0) is 26.0. The maximum absolute atomic E-state index is 13.0. The molecule has 0 unspecified atom stereocenters. The number of aromatic amines is 1. The number of carbonyl (C=O) groups is 1. The highest BCUT2D eigenvalue weighted by atomic mass is 32.2. The summed E-state index contributed by atoms with van der Waals surface area (Å²) in [5, 5.41) is 2.83. The van der Waals surface area contributed by atoms with Gasteiger partial charge in [-0.2, -0.15) is 0 Å². The zero-order valence-corrected chi connectivity index (χ0v) is 21.0. The summed E-state index contributed by atoms with van der Waals surface area (Å²) >= 11 is 0. The summed E-state index contributed by atoms with van der Waals surface area (Å²) < 4.78 is 25.4. The van der Waals surface area contributed by atoms with Crippen LogP contribution in [0.2, 0.25) is 0 Å². The largest absolute Gasteiger partial charge is 0.358 e. The van der Waals surface area contributed by atoms with Crippen LogP contribution in [-0.2, 0) is 16.4 Å². The van der Waals surface area contributed by atoms with Crippen LogP contribution >= 0.6 is 0 Å². The highest BCUT2D eigenvalue weighted by Gasteiger charge is 2.14. The first-order valence-corrected chi connectivity index (χ1v) is 13.4. The molecule has 1 amide bonds. The minimum Gasteiger partial charge on any atom is -0.358 e. The van der Waals surface area contributed by atoms with Crippen LogP contribution in [0.3, 0.4) is 0 Å². The van der Waals surface area contributed by atoms with Crippen molar-refractivity contribution < 1.29 is 13.2 Å². The Kier molecular flexibility index (Phi) is 6.41. The van der Waals surface area contributed by atoms with Gasteiger partial charge in [-0.1, -0.05) is 12.1 Å². The van der Waals surface area contributed by atoms with Gasteiger partial charge in [0.15, 0.2) is 0 Å². The number of pyridine rings is 1. The number of benzene rings is 2. The summed E-state index contributed by atoms with van der Waals surface area (Å²) in [7, 11) is -3.43. The van der Waals surface area contributed by atoms with Gasteiger partial charge in [0, 0.05) is 41.8 Å². The number of carbonyl (C=O) groups excluding carboxylic acids is 1. The molecule has 3 N–H and O–H groups in total. The monoisotopic (exact) mass is 512 g/mol. The van der Waals surface area contributed by atoms with Gasteiger partial charge < -0.3 is 10.3 Å². The van der Waals surface area contributed by atoms with Crippen LogP contribution in [0, 0.1) is 6.92 Å². The molecule has 9 nitrogen and oxygen atoms in total. The van der Waals surface area contributed by atoms with Crippen LogP contribution in [0.4, 0.5) is 11.4 Å². The Morgan fingerprint density at radius 2 is 1.84 bits per heavy atom. The fourth-order valence-electron chi connectivity index (χ4n) is 4.04. The molecule has 0 saturated carbocycles. The first-order chi connectivity index (χ1) is 17.7. The Labute approximate surface area is 214 Å². The van der Waals surface area contributed by atoms with Gasteiger partial charge in [0.2, 0.25) is 10.0 Å². The standard InChI is InChI=1S/C27H24N6O3S/c1-17-8-9-18(27(34)30-21-6-3-7-22(15-21)33-37(2,35)36)13-20(17)14-24-31-23-10-12-29-26(23)25(32-24)19-5-4-11-28-16-19/h3-13,15-16,29,33H,14H2,1-2H3,(H,30,34). The van der Waals surface area contributed by atoms with E-state index in [-0.39, 0.29) is 5.91 Å². The third kappa shape index (κ3) is 5.65. The lowest BCUT2D eigenvalue weighted by molar-refractivity contribution is 0.102. The van der Waals surface area contributed by atoms with Gasteiger partial charge in [-0.25, -0.2) is 18.4 Å². The predicted molar refractivity (Wildman–Crippen MR) is 144 cm³/mol. The van der Waals surface area contributed by atoms with Gasteiger partial charge in [-0.3, -0.25) is 14.5 Å². The smallest absolute Gasteiger partial charge is 0.255 e. The minimum absolute atomic E-state index is 0.309. The molecule has 0 saturated heterocycles. The number of nitrogens with zero attached hydrogens (tertiary/aromatic N) is 3. The van der Waals surface area contributed by atoms with Gasteiger partial charge in [-0.05, 0) is 66.6 Å². The van der Waals surface area contributed by atoms with E-state index < -0.39 is 10.0 Å². The Morgan fingerprint density at radius 3 is 2.62 bits per heavy atom. The second-order valence-electron chi connectivity index (χ2n) is 8.70. The summed E-state index contributed by atoms with van der Waals surface area (Å²) in [6.45, 7) is 1.98. The fraction of sp³-hybridized carbons (Fsp3) is 0.111. The van der Waals surface area contributed by atoms with E-state index in [0.717, 1.165) is 39.7 Å². The fourth-order valence-corrected chi connectivity index (χ4v) is 4.59. The number of hydrogen-bond donors (Lipinski definition) is 3. The molecule has 3 heterocycles. The maximum atomic E-state index is 13.0. The van der Waals surface area contributed by atoms with Gasteiger partial charge in [0.25, 0.3) is 5.91 Å². The summed E-state index contributed by atoms with van der Waals surface area (Å²) in [6.07, 6.45) is 6.83. The van der Waals surface area contributed by atoms with Gasteiger partial charge >= 0.3 is 0 Å². The highest BCUT2D eigenvalue weighted by molar-refractivity contribution is 7.92. The number of aromatic nitrogens is 4. The number of rotatable bonds is 7. The SMILES string of the molecule is Cc1ccc(C(=O)Nc2cccc(NS(C)(=O)=O)c2)cc1Cc1nc(-c2cccnc2)c2[nH]ccc2n1. The first-order valence-electron chi connectivity index (χ1n) is 11.5. The van der Waals surface area contributed by atoms with Crippen molar-refractivity contribution in [1.29, 1.82) is 0 Å². The summed E-state index contributed by atoms with van der Waals surface area (Å²) in [5.41, 5.74) is 6.55. The van der Waals surface area contributed by atoms with Crippen molar-refractivity contribution in [1.82, 2.24) is 19.9 Å². The van der Waals surface area contributed by atoms with Crippen molar-refractivity contribution in [3.05, 3.63) is 102 Å². The van der Waals surface area contributed by atoms with Gasteiger partial charge in [0.1, 0.15) is 5.82 Å². The number of nitrogens with one attached hydrogen (secondary N) is 3. The van der Waals surface area contributed by atoms with Crippen molar-refractivity contribution in [3.8, 4) is 11.3 Å². The molecule has 0 atom stereocenters. The molecule has 0 aliphatic rings. The van der Waals surface area contributed by atoms with E-state index in [9.17, 15) is 13.2 Å². The van der Waals surface area contributed by atoms with Gasteiger partial charge in [-0.15, -0.1) is 0 Å². The number of amides is 1. The van der Waals surface area contributed by atoms with Crippen molar-refractivity contribution in [2.75, 3.05) is 16.3 Å². The van der Waals surface area contributed by atoms with Crippen LogP contribution in [0.15, 0.2) is 79.3 Å². The van der Waals surface area contributed by atoms with Crippen molar-refractivity contribution in [2.45, 2.75) is 13.3 Å². The minimum atomic E-state index is -3.43. The molecule has 5 rings (SSSR count). The van der Waals surface area contributed by atoms with E-state index in [4.69, 9.17) is 9.97 Å². The third-order valence-electron chi connectivity index (χ3n) is 5.77. The number of fused-ring (bicyclic) bond motifs is 1. The Morgan fingerprint density at radius 1 is 1.00 bits per heavy atom. The van der Waals surface area contributed by atoms with E-state index in [1.54, 1.807) is 42.7 Å². The molecule has 10 heteroatoms. The van der Waals surface area contributed by atoms with Crippen LogP contribution in [0.1, 0.15) is 27.3 Å². The molecule has 0 aliphatic carbocycles. The highest BCUT2D eigenvalue weighted by Crippen LogP contribution is 2.26. The number of anilines is 2. The number of aryl methyl sites for hydroxylation is 1. The summed E-state index contributed by atoms with van der Waals surface area (Å²) in [6, 6.07) is 17.7. The van der Waals surface area contributed by atoms with E-state index >= 15 is 0 Å². The quantitative estimate of drug-likeness (QED) is 0.294. The van der Waals surface area contributed by atoms with Crippen LogP contribution in [0.5, 0.6) is 0 Å². The average molecular weight is 513 g/mol. The molecule has 2 aromatic carbocycles. The number of sulfonamides is 1. The topological polar surface area (TPSA) is 130 Å². The molecule has 37 heavy (non-hydrogen) atoms. The molecule has 0 spiro atoms. The molecule has 0 radical (unpaired) electrons. The zero-order valence-electron chi connectivity index (χ0n) is 20.2. The average Bonchev–Trinajstić information content (AvgIpc) is 3.33. The molecule has 0 aliphatic heterocycles. The van der Waals surface area contributed by atoms with Crippen molar-refractivity contribution in [2.24, 2.45) is 0 Å². The molecule has 5 aromatic rings. The molecule has 0 fully saturated rings. The second-order valence-corrected chi connectivity index (χ2v) is 10.4. The van der Waals surface area contributed by atoms with E-state index in [2.05, 4.69) is 20.0 Å². The van der Waals surface area contributed by atoms with Crippen LogP contribution in [0.25, 0.3) is 22.3 Å². The Balaban J connectivity index is 1.41. The van der Waals surface area contributed by atoms with Gasteiger partial charge in [0.05, 0.1) is 28.7 Å². The summed E-state index contributed by atoms with van der Waals surface area (Å²) in [5.74, 6) is 0.321. The van der Waals surface area contributed by atoms with Crippen molar-refractivity contribution in [3.63, 3.8) is 0 Å². The van der Waals surface area contributed by atoms with Crippen LogP contribution in [-0.4, -0.2) is 40.5 Å². The second kappa shape index (κ2) is 9.82. The lowest BCUT2D eigenvalue weighted by Crippen LogP contribution is -2.14. The first kappa shape index (κ1) is 24.1. The molecular weight excluding hydrogens is 488 g/mol. The number of hydrogen-bond acceptors (Lipinski definition) is 6. The van der Waals surface area contributed by atoms with Crippen molar-refractivity contribution >= 4 is 38.3 Å². The van der Waals surface area contributed by atoms with E-state index in [1.165, 1.54) is 0 Å². The summed E-state index contributed by atoms with van der Waals surface area (Å²) in [4.78, 5) is 30.0. The maximum Gasteiger partial charge on any atom is 0.255 e. The normalized spacial score (nSPS) is 11.4. The lowest BCUT2D eigenvalue weighted by Gasteiger charge is -2.11. The van der Waals surface area contributed by atoms with E-state index in [0.29, 0.717) is 29.2 Å². The molecule has 3 aromatic heterocycles.